The third-order valence-electron chi connectivity index (χ3n) is 4.84. The Kier molecular flexibility index (Phi) is 5.85. The highest BCUT2D eigenvalue weighted by atomic mass is 15.2. The average molecular weight is 396 g/mol. The van der Waals surface area contributed by atoms with Crippen LogP contribution in [0.15, 0.2) is 85.3 Å². The summed E-state index contributed by atoms with van der Waals surface area (Å²) in [5.74, 6) is 1.97. The van der Waals surface area contributed by atoms with Crippen LogP contribution in [0.25, 0.3) is 0 Å². The lowest BCUT2D eigenvalue weighted by atomic mass is 10.1. The van der Waals surface area contributed by atoms with Crippen molar-refractivity contribution in [2.24, 2.45) is 0 Å². The Morgan fingerprint density at radius 3 is 2.00 bits per heavy atom. The molecule has 2 heterocycles. The molecule has 6 heteroatoms. The second-order valence-electron chi connectivity index (χ2n) is 7.08. The van der Waals surface area contributed by atoms with Gasteiger partial charge in [-0.3, -0.25) is 0 Å². The van der Waals surface area contributed by atoms with Gasteiger partial charge in [0.2, 0.25) is 0 Å². The first-order chi connectivity index (χ1) is 14.7. The van der Waals surface area contributed by atoms with E-state index in [1.54, 1.807) is 6.20 Å². The fourth-order valence-electron chi connectivity index (χ4n) is 3.28. The number of benzene rings is 2. The van der Waals surface area contributed by atoms with Gasteiger partial charge < -0.3 is 16.0 Å². The SMILES string of the molecule is Cc1cccnc1Nc1ncnc(N(Cc2ccccc2)Cc2ccccc2)c1N. The third-order valence-corrected chi connectivity index (χ3v) is 4.84. The van der Waals surface area contributed by atoms with Crippen LogP contribution < -0.4 is 16.0 Å². The summed E-state index contributed by atoms with van der Waals surface area (Å²) >= 11 is 0. The highest BCUT2D eigenvalue weighted by molar-refractivity contribution is 5.78. The van der Waals surface area contributed by atoms with Crippen molar-refractivity contribution in [3.63, 3.8) is 0 Å². The Hall–Kier alpha value is -3.93. The van der Waals surface area contributed by atoms with Gasteiger partial charge in [0.05, 0.1) is 0 Å². The summed E-state index contributed by atoms with van der Waals surface area (Å²) in [5.41, 5.74) is 10.4. The predicted octanol–water partition coefficient (Wildman–Crippen LogP) is 4.71. The minimum Gasteiger partial charge on any atom is -0.393 e. The molecular formula is C24H24N6. The summed E-state index contributed by atoms with van der Waals surface area (Å²) in [6.07, 6.45) is 3.28. The summed E-state index contributed by atoms with van der Waals surface area (Å²) in [5, 5.41) is 3.25. The van der Waals surface area contributed by atoms with Crippen LogP contribution in [0.4, 0.5) is 23.1 Å². The van der Waals surface area contributed by atoms with E-state index in [0.717, 1.165) is 11.4 Å². The van der Waals surface area contributed by atoms with Crippen molar-refractivity contribution in [3.05, 3.63) is 102 Å². The van der Waals surface area contributed by atoms with Gasteiger partial charge in [-0.2, -0.15) is 0 Å². The van der Waals surface area contributed by atoms with E-state index in [-0.39, 0.29) is 0 Å². The molecule has 0 radical (unpaired) electrons. The first-order valence-corrected chi connectivity index (χ1v) is 9.82. The van der Waals surface area contributed by atoms with Gasteiger partial charge in [-0.1, -0.05) is 66.7 Å². The number of nitrogens with zero attached hydrogens (tertiary/aromatic N) is 4. The molecule has 0 bridgehead atoms. The minimum absolute atomic E-state index is 0.495. The monoisotopic (exact) mass is 396 g/mol. The van der Waals surface area contributed by atoms with E-state index in [2.05, 4.69) is 49.4 Å². The highest BCUT2D eigenvalue weighted by Gasteiger charge is 2.17. The lowest BCUT2D eigenvalue weighted by molar-refractivity contribution is 0.782. The molecule has 4 aromatic rings. The van der Waals surface area contributed by atoms with E-state index >= 15 is 0 Å². The molecule has 0 saturated carbocycles. The molecule has 150 valence electrons. The fraction of sp³-hybridized carbons (Fsp3) is 0.125. The zero-order valence-electron chi connectivity index (χ0n) is 16.9. The summed E-state index contributed by atoms with van der Waals surface area (Å²) in [4.78, 5) is 15.4. The standard InChI is InChI=1S/C24H24N6/c1-18-9-8-14-26-22(18)29-23-21(25)24(28-17-27-23)30(15-19-10-4-2-5-11-19)16-20-12-6-3-7-13-20/h2-14,17H,15-16,25H2,1H3,(H,26,27,28,29). The predicted molar refractivity (Wildman–Crippen MR) is 121 cm³/mol. The molecule has 0 aliphatic heterocycles. The number of anilines is 4. The number of nitrogens with one attached hydrogen (secondary N) is 1. The number of pyridine rings is 1. The first kappa shape index (κ1) is 19.4. The van der Waals surface area contributed by atoms with E-state index in [4.69, 9.17) is 5.73 Å². The molecule has 0 spiro atoms. The van der Waals surface area contributed by atoms with Crippen LogP contribution in [0, 0.1) is 6.92 Å². The quantitative estimate of drug-likeness (QED) is 0.471. The molecular weight excluding hydrogens is 372 g/mol. The van der Waals surface area contributed by atoms with Crippen molar-refractivity contribution in [3.8, 4) is 0 Å². The van der Waals surface area contributed by atoms with Crippen LogP contribution in [0.5, 0.6) is 0 Å². The zero-order valence-corrected chi connectivity index (χ0v) is 16.9. The highest BCUT2D eigenvalue weighted by Crippen LogP contribution is 2.30. The second kappa shape index (κ2) is 9.05. The van der Waals surface area contributed by atoms with Gasteiger partial charge in [0.1, 0.15) is 17.8 Å². The Labute approximate surface area is 176 Å². The molecule has 0 saturated heterocycles. The van der Waals surface area contributed by atoms with E-state index in [9.17, 15) is 0 Å². The normalized spacial score (nSPS) is 10.6. The van der Waals surface area contributed by atoms with Crippen molar-refractivity contribution >= 4 is 23.1 Å². The van der Waals surface area contributed by atoms with Crippen LogP contribution in [0.1, 0.15) is 16.7 Å². The molecule has 0 atom stereocenters. The number of hydrogen-bond acceptors (Lipinski definition) is 6. The van der Waals surface area contributed by atoms with Gasteiger partial charge in [-0.15, -0.1) is 0 Å². The van der Waals surface area contributed by atoms with Crippen LogP contribution in [-0.2, 0) is 13.1 Å². The van der Waals surface area contributed by atoms with Gasteiger partial charge in [0, 0.05) is 19.3 Å². The molecule has 2 aromatic heterocycles. The molecule has 3 N–H and O–H groups in total. The third kappa shape index (κ3) is 4.55. The molecule has 0 amide bonds. The largest absolute Gasteiger partial charge is 0.393 e. The van der Waals surface area contributed by atoms with E-state index in [1.807, 2.05) is 55.5 Å². The maximum absolute atomic E-state index is 6.53. The molecule has 4 rings (SSSR count). The molecule has 2 aromatic carbocycles. The summed E-state index contributed by atoms with van der Waals surface area (Å²) in [6.45, 7) is 3.35. The second-order valence-corrected chi connectivity index (χ2v) is 7.08. The van der Waals surface area contributed by atoms with E-state index in [1.165, 1.54) is 17.5 Å². The van der Waals surface area contributed by atoms with Crippen molar-refractivity contribution in [2.75, 3.05) is 16.0 Å². The maximum Gasteiger partial charge on any atom is 0.160 e. The van der Waals surface area contributed by atoms with E-state index in [0.29, 0.717) is 30.4 Å². The molecule has 0 aliphatic carbocycles. The number of hydrogen-bond donors (Lipinski definition) is 2. The Morgan fingerprint density at radius 1 is 0.767 bits per heavy atom. The van der Waals surface area contributed by atoms with Crippen LogP contribution in [0.3, 0.4) is 0 Å². The lowest BCUT2D eigenvalue weighted by Crippen LogP contribution is -2.25. The number of aromatic nitrogens is 3. The summed E-state index contributed by atoms with van der Waals surface area (Å²) in [6, 6.07) is 24.5. The summed E-state index contributed by atoms with van der Waals surface area (Å²) in [7, 11) is 0. The van der Waals surface area contributed by atoms with E-state index < -0.39 is 0 Å². The molecule has 30 heavy (non-hydrogen) atoms. The first-order valence-electron chi connectivity index (χ1n) is 9.82. The number of nitrogen functional groups attached to an aromatic ring is 1. The van der Waals surface area contributed by atoms with Crippen molar-refractivity contribution in [2.45, 2.75) is 20.0 Å². The number of rotatable bonds is 7. The van der Waals surface area contributed by atoms with Crippen LogP contribution in [0.2, 0.25) is 0 Å². The number of aryl methyl sites for hydroxylation is 1. The zero-order chi connectivity index (χ0) is 20.8. The number of nitrogens with two attached hydrogens (primary N) is 1. The molecule has 6 nitrogen and oxygen atoms in total. The topological polar surface area (TPSA) is 80.0 Å². The smallest absolute Gasteiger partial charge is 0.160 e. The molecule has 0 fully saturated rings. The molecule has 0 aliphatic rings. The summed E-state index contributed by atoms with van der Waals surface area (Å²) < 4.78 is 0. The van der Waals surface area contributed by atoms with Gasteiger partial charge >= 0.3 is 0 Å². The van der Waals surface area contributed by atoms with Crippen LogP contribution in [-0.4, -0.2) is 15.0 Å². The van der Waals surface area contributed by atoms with Crippen molar-refractivity contribution < 1.29 is 0 Å². The Balaban J connectivity index is 1.68. The van der Waals surface area contributed by atoms with Gasteiger partial charge in [0.15, 0.2) is 11.6 Å². The maximum atomic E-state index is 6.53. The van der Waals surface area contributed by atoms with Gasteiger partial charge in [0.25, 0.3) is 0 Å². The van der Waals surface area contributed by atoms with Gasteiger partial charge in [-0.05, 0) is 29.7 Å². The van der Waals surface area contributed by atoms with Crippen molar-refractivity contribution in [1.29, 1.82) is 0 Å². The van der Waals surface area contributed by atoms with Gasteiger partial charge in [-0.25, -0.2) is 15.0 Å². The Morgan fingerprint density at radius 2 is 1.40 bits per heavy atom. The molecule has 0 unspecified atom stereocenters. The average Bonchev–Trinajstić information content (AvgIpc) is 2.78. The van der Waals surface area contributed by atoms with Crippen LogP contribution >= 0.6 is 0 Å². The van der Waals surface area contributed by atoms with Crippen molar-refractivity contribution in [1.82, 2.24) is 15.0 Å². The fourth-order valence-corrected chi connectivity index (χ4v) is 3.28. The Bertz CT molecular complexity index is 1060. The minimum atomic E-state index is 0.495. The lowest BCUT2D eigenvalue weighted by Gasteiger charge is -2.26.